The van der Waals surface area contributed by atoms with Crippen LogP contribution in [0.15, 0.2) is 18.2 Å². The topological polar surface area (TPSA) is 29.3 Å². The van der Waals surface area contributed by atoms with Gasteiger partial charge in [-0.1, -0.05) is 12.2 Å². The maximum Gasteiger partial charge on any atom is 0.135 e. The average Bonchev–Trinajstić information content (AvgIpc) is 2.03. The lowest BCUT2D eigenvalue weighted by molar-refractivity contribution is 0.625. The van der Waals surface area contributed by atoms with E-state index >= 15 is 0 Å². The summed E-state index contributed by atoms with van der Waals surface area (Å²) < 4.78 is 13.3. The van der Waals surface area contributed by atoms with Crippen molar-refractivity contribution in [3.05, 3.63) is 29.6 Å². The first-order valence-corrected chi connectivity index (χ1v) is 4.20. The van der Waals surface area contributed by atoms with Gasteiger partial charge in [0.1, 0.15) is 10.8 Å². The summed E-state index contributed by atoms with van der Waals surface area (Å²) in [6, 6.07) is 4.78. The van der Waals surface area contributed by atoms with Gasteiger partial charge in [0.05, 0.1) is 0 Å². The van der Waals surface area contributed by atoms with Gasteiger partial charge in [-0.2, -0.15) is 0 Å². The van der Waals surface area contributed by atoms with Gasteiger partial charge in [-0.15, -0.1) is 0 Å². The highest BCUT2D eigenvalue weighted by Gasteiger charge is 2.06. The van der Waals surface area contributed by atoms with Crippen LogP contribution in [0.1, 0.15) is 5.56 Å². The van der Waals surface area contributed by atoms with Gasteiger partial charge in [0.25, 0.3) is 0 Å². The van der Waals surface area contributed by atoms with Gasteiger partial charge in [0, 0.05) is 25.3 Å². The third kappa shape index (κ3) is 2.15. The molecule has 0 amide bonds. The van der Waals surface area contributed by atoms with Crippen LogP contribution in [0.25, 0.3) is 0 Å². The highest BCUT2D eigenvalue weighted by Crippen LogP contribution is 2.16. The molecule has 2 nitrogen and oxygen atoms in total. The highest BCUT2D eigenvalue weighted by atomic mass is 32.1. The van der Waals surface area contributed by atoms with E-state index in [4.69, 9.17) is 5.73 Å². The average molecular weight is 198 g/mol. The standard InChI is InChI=1S/C9H11FN2S/c1-12(2)6-3-4-7(9(11)13)8(10)5-6/h3-5H,1-2H3,(H2,11,13). The van der Waals surface area contributed by atoms with Crippen LogP contribution < -0.4 is 10.6 Å². The summed E-state index contributed by atoms with van der Waals surface area (Å²) in [6.07, 6.45) is 0. The fraction of sp³-hybridized carbons (Fsp3) is 0.222. The number of nitrogens with zero attached hydrogens (tertiary/aromatic N) is 1. The number of nitrogens with two attached hydrogens (primary N) is 1. The molecule has 0 aliphatic rings. The van der Waals surface area contributed by atoms with E-state index in [0.29, 0.717) is 5.56 Å². The van der Waals surface area contributed by atoms with Gasteiger partial charge >= 0.3 is 0 Å². The number of halogens is 1. The predicted octanol–water partition coefficient (Wildman–Crippen LogP) is 1.53. The molecule has 70 valence electrons. The maximum atomic E-state index is 13.3. The minimum absolute atomic E-state index is 0.0859. The monoisotopic (exact) mass is 198 g/mol. The summed E-state index contributed by atoms with van der Waals surface area (Å²) in [6.45, 7) is 0. The Labute approximate surface area is 82.2 Å². The Morgan fingerprint density at radius 3 is 2.46 bits per heavy atom. The van der Waals surface area contributed by atoms with E-state index in [0.717, 1.165) is 5.69 Å². The first kappa shape index (κ1) is 9.92. The van der Waals surface area contributed by atoms with Crippen molar-refractivity contribution in [2.45, 2.75) is 0 Å². The number of rotatable bonds is 2. The van der Waals surface area contributed by atoms with Crippen LogP contribution in [0.3, 0.4) is 0 Å². The summed E-state index contributed by atoms with van der Waals surface area (Å²) in [5.74, 6) is -0.376. The molecule has 0 fully saturated rings. The molecule has 0 spiro atoms. The molecule has 0 aliphatic heterocycles. The molecule has 1 aromatic carbocycles. The number of hydrogen-bond acceptors (Lipinski definition) is 2. The van der Waals surface area contributed by atoms with E-state index in [1.807, 2.05) is 19.0 Å². The van der Waals surface area contributed by atoms with E-state index in [1.54, 1.807) is 12.1 Å². The number of thiocarbonyl (C=S) groups is 1. The smallest absolute Gasteiger partial charge is 0.135 e. The molecule has 0 saturated heterocycles. The van der Waals surface area contributed by atoms with Crippen molar-refractivity contribution in [3.63, 3.8) is 0 Å². The van der Waals surface area contributed by atoms with Crippen molar-refractivity contribution in [1.29, 1.82) is 0 Å². The van der Waals surface area contributed by atoms with Crippen LogP contribution in [0.5, 0.6) is 0 Å². The largest absolute Gasteiger partial charge is 0.389 e. The maximum absolute atomic E-state index is 13.3. The lowest BCUT2D eigenvalue weighted by Crippen LogP contribution is -2.13. The predicted molar refractivity (Wildman–Crippen MR) is 56.6 cm³/mol. The van der Waals surface area contributed by atoms with Crippen LogP contribution >= 0.6 is 12.2 Å². The molecule has 0 radical (unpaired) electrons. The molecular formula is C9H11FN2S. The normalized spacial score (nSPS) is 9.77. The summed E-state index contributed by atoms with van der Waals surface area (Å²) in [5.41, 5.74) is 6.40. The van der Waals surface area contributed by atoms with Gasteiger partial charge in [-0.3, -0.25) is 0 Å². The summed E-state index contributed by atoms with van der Waals surface area (Å²) in [4.78, 5) is 1.90. The van der Waals surface area contributed by atoms with E-state index in [9.17, 15) is 4.39 Å². The fourth-order valence-corrected chi connectivity index (χ4v) is 1.15. The van der Waals surface area contributed by atoms with Crippen LogP contribution in [0.2, 0.25) is 0 Å². The van der Waals surface area contributed by atoms with Gasteiger partial charge in [-0.25, -0.2) is 4.39 Å². The lowest BCUT2D eigenvalue weighted by Gasteiger charge is -2.13. The molecule has 0 unspecified atom stereocenters. The SMILES string of the molecule is CN(C)c1ccc(C(N)=S)c(F)c1. The van der Waals surface area contributed by atoms with Crippen molar-refractivity contribution in [2.24, 2.45) is 5.73 Å². The van der Waals surface area contributed by atoms with E-state index < -0.39 is 0 Å². The Kier molecular flexibility index (Phi) is 2.83. The number of hydrogen-bond donors (Lipinski definition) is 1. The number of benzene rings is 1. The molecule has 13 heavy (non-hydrogen) atoms. The Morgan fingerprint density at radius 1 is 1.46 bits per heavy atom. The van der Waals surface area contributed by atoms with E-state index in [2.05, 4.69) is 12.2 Å². The zero-order valence-electron chi connectivity index (χ0n) is 7.54. The molecule has 2 N–H and O–H groups in total. The Bertz CT molecular complexity index is 336. The first-order valence-electron chi connectivity index (χ1n) is 3.79. The zero-order chi connectivity index (χ0) is 10.0. The van der Waals surface area contributed by atoms with Gasteiger partial charge in [-0.05, 0) is 18.2 Å². The molecule has 0 saturated carbocycles. The summed E-state index contributed by atoms with van der Waals surface area (Å²) >= 11 is 4.68. The van der Waals surface area contributed by atoms with E-state index in [1.165, 1.54) is 6.07 Å². The second-order valence-corrected chi connectivity index (χ2v) is 3.36. The van der Waals surface area contributed by atoms with E-state index in [-0.39, 0.29) is 10.8 Å². The van der Waals surface area contributed by atoms with Crippen molar-refractivity contribution >= 4 is 22.9 Å². The Balaban J connectivity index is 3.13. The quantitative estimate of drug-likeness (QED) is 0.731. The van der Waals surface area contributed by atoms with Gasteiger partial charge in [0.2, 0.25) is 0 Å². The van der Waals surface area contributed by atoms with Crippen molar-refractivity contribution in [1.82, 2.24) is 0 Å². The Hall–Kier alpha value is -1.16. The second kappa shape index (κ2) is 3.70. The molecule has 0 aliphatic carbocycles. The van der Waals surface area contributed by atoms with Crippen molar-refractivity contribution < 1.29 is 4.39 Å². The highest BCUT2D eigenvalue weighted by molar-refractivity contribution is 7.80. The first-order chi connectivity index (χ1) is 6.02. The third-order valence-electron chi connectivity index (χ3n) is 1.73. The van der Waals surface area contributed by atoms with Crippen molar-refractivity contribution in [3.8, 4) is 0 Å². The van der Waals surface area contributed by atoms with Gasteiger partial charge < -0.3 is 10.6 Å². The molecule has 0 heterocycles. The minimum Gasteiger partial charge on any atom is -0.389 e. The molecular weight excluding hydrogens is 187 g/mol. The molecule has 0 atom stereocenters. The summed E-state index contributed by atoms with van der Waals surface area (Å²) in [5, 5.41) is 0. The molecule has 0 bridgehead atoms. The lowest BCUT2D eigenvalue weighted by atomic mass is 10.2. The van der Waals surface area contributed by atoms with Crippen LogP contribution in [-0.2, 0) is 0 Å². The second-order valence-electron chi connectivity index (χ2n) is 2.92. The molecule has 0 aromatic heterocycles. The number of anilines is 1. The van der Waals surface area contributed by atoms with Crippen molar-refractivity contribution in [2.75, 3.05) is 19.0 Å². The fourth-order valence-electron chi connectivity index (χ4n) is 0.982. The van der Waals surface area contributed by atoms with Crippen LogP contribution in [-0.4, -0.2) is 19.1 Å². The summed E-state index contributed by atoms with van der Waals surface area (Å²) in [7, 11) is 3.68. The zero-order valence-corrected chi connectivity index (χ0v) is 8.36. The van der Waals surface area contributed by atoms with Crippen LogP contribution in [0, 0.1) is 5.82 Å². The molecule has 1 rings (SSSR count). The van der Waals surface area contributed by atoms with Gasteiger partial charge in [0.15, 0.2) is 0 Å². The Morgan fingerprint density at radius 2 is 2.08 bits per heavy atom. The van der Waals surface area contributed by atoms with Crippen LogP contribution in [0.4, 0.5) is 10.1 Å². The molecule has 4 heteroatoms. The minimum atomic E-state index is -0.376. The molecule has 1 aromatic rings. The third-order valence-corrected chi connectivity index (χ3v) is 1.95.